The van der Waals surface area contributed by atoms with Crippen LogP contribution >= 0.6 is 15.9 Å². The van der Waals surface area contributed by atoms with Gasteiger partial charge in [-0.2, -0.15) is 0 Å². The van der Waals surface area contributed by atoms with E-state index in [1.165, 1.54) is 38.4 Å². The summed E-state index contributed by atoms with van der Waals surface area (Å²) in [6.45, 7) is 1.42. The predicted octanol–water partition coefficient (Wildman–Crippen LogP) is 2.58. The molecule has 0 saturated heterocycles. The molecule has 0 bridgehead atoms. The molecule has 1 aromatic heterocycles. The molecule has 3 N–H and O–H groups in total. The molecular formula is C12H19BrN4O. The maximum atomic E-state index is 5.82. The number of nitrogens with zero attached hydrogens (tertiary/aromatic N) is 2. The quantitative estimate of drug-likeness (QED) is 0.817. The van der Waals surface area contributed by atoms with Gasteiger partial charge in [-0.1, -0.05) is 19.3 Å². The summed E-state index contributed by atoms with van der Waals surface area (Å²) in [7, 11) is 0. The first-order chi connectivity index (χ1) is 8.77. The number of rotatable bonds is 5. The Morgan fingerprint density at radius 1 is 1.33 bits per heavy atom. The number of hydrogen-bond acceptors (Lipinski definition) is 5. The molecule has 6 heteroatoms. The summed E-state index contributed by atoms with van der Waals surface area (Å²) in [6, 6.07) is 0. The van der Waals surface area contributed by atoms with Crippen molar-refractivity contribution in [3.8, 4) is 0 Å². The van der Waals surface area contributed by atoms with Crippen LogP contribution in [-0.2, 0) is 4.74 Å². The van der Waals surface area contributed by atoms with E-state index < -0.39 is 0 Å². The van der Waals surface area contributed by atoms with Crippen LogP contribution in [0.2, 0.25) is 0 Å². The number of nitrogens with two attached hydrogens (primary N) is 1. The second-order valence-corrected chi connectivity index (χ2v) is 5.27. The van der Waals surface area contributed by atoms with Gasteiger partial charge in [-0.25, -0.2) is 9.97 Å². The molecule has 0 radical (unpaired) electrons. The van der Waals surface area contributed by atoms with Crippen molar-refractivity contribution in [3.63, 3.8) is 0 Å². The molecule has 0 unspecified atom stereocenters. The second kappa shape index (κ2) is 6.89. The van der Waals surface area contributed by atoms with Crippen molar-refractivity contribution < 1.29 is 4.74 Å². The Kier molecular flexibility index (Phi) is 5.19. The first-order valence-corrected chi connectivity index (χ1v) is 7.18. The Bertz CT molecular complexity index is 382. The van der Waals surface area contributed by atoms with Crippen LogP contribution in [0.15, 0.2) is 10.8 Å². The summed E-state index contributed by atoms with van der Waals surface area (Å²) in [4.78, 5) is 8.01. The summed E-state index contributed by atoms with van der Waals surface area (Å²) in [5.41, 5.74) is 5.67. The Labute approximate surface area is 116 Å². The first-order valence-electron chi connectivity index (χ1n) is 6.39. The van der Waals surface area contributed by atoms with E-state index in [1.807, 2.05) is 0 Å². The maximum absolute atomic E-state index is 5.82. The van der Waals surface area contributed by atoms with Gasteiger partial charge in [0.25, 0.3) is 0 Å². The Hall–Kier alpha value is -0.880. The molecule has 18 heavy (non-hydrogen) atoms. The fraction of sp³-hybridized carbons (Fsp3) is 0.667. The van der Waals surface area contributed by atoms with Crippen LogP contribution in [0.4, 0.5) is 11.6 Å². The molecule has 1 heterocycles. The summed E-state index contributed by atoms with van der Waals surface area (Å²) in [5.74, 6) is 1.16. The SMILES string of the molecule is Nc1ncnc(NCCOC2CCCCC2)c1Br. The van der Waals surface area contributed by atoms with Gasteiger partial charge in [-0.3, -0.25) is 0 Å². The van der Waals surface area contributed by atoms with Crippen molar-refractivity contribution in [2.24, 2.45) is 0 Å². The molecule has 1 saturated carbocycles. The van der Waals surface area contributed by atoms with Gasteiger partial charge in [0.1, 0.15) is 22.4 Å². The molecule has 1 aliphatic rings. The zero-order valence-electron chi connectivity index (χ0n) is 10.4. The Morgan fingerprint density at radius 2 is 2.11 bits per heavy atom. The smallest absolute Gasteiger partial charge is 0.146 e. The maximum Gasteiger partial charge on any atom is 0.146 e. The molecule has 0 aromatic carbocycles. The largest absolute Gasteiger partial charge is 0.383 e. The standard InChI is InChI=1S/C12H19BrN4O/c13-10-11(14)16-8-17-12(10)15-6-7-18-9-4-2-1-3-5-9/h8-9H,1-7H2,(H3,14,15,16,17). The predicted molar refractivity (Wildman–Crippen MR) is 75.5 cm³/mol. The van der Waals surface area contributed by atoms with E-state index >= 15 is 0 Å². The summed E-state index contributed by atoms with van der Waals surface area (Å²) in [6.07, 6.45) is 8.24. The summed E-state index contributed by atoms with van der Waals surface area (Å²) < 4.78 is 6.53. The summed E-state index contributed by atoms with van der Waals surface area (Å²) >= 11 is 3.36. The lowest BCUT2D eigenvalue weighted by atomic mass is 9.98. The number of halogens is 1. The Balaban J connectivity index is 1.70. The van der Waals surface area contributed by atoms with Gasteiger partial charge < -0.3 is 15.8 Å². The minimum Gasteiger partial charge on any atom is -0.383 e. The highest BCUT2D eigenvalue weighted by molar-refractivity contribution is 9.10. The van der Waals surface area contributed by atoms with Crippen LogP contribution in [0.5, 0.6) is 0 Å². The van der Waals surface area contributed by atoms with Crippen molar-refractivity contribution in [2.75, 3.05) is 24.2 Å². The van der Waals surface area contributed by atoms with E-state index in [-0.39, 0.29) is 0 Å². The van der Waals surface area contributed by atoms with Crippen molar-refractivity contribution >= 4 is 27.6 Å². The molecule has 100 valence electrons. The fourth-order valence-corrected chi connectivity index (χ4v) is 2.48. The second-order valence-electron chi connectivity index (χ2n) is 4.48. The number of ether oxygens (including phenoxy) is 1. The van der Waals surface area contributed by atoms with Gasteiger partial charge >= 0.3 is 0 Å². The van der Waals surface area contributed by atoms with Crippen molar-refractivity contribution in [3.05, 3.63) is 10.8 Å². The van der Waals surface area contributed by atoms with Gasteiger partial charge in [0.05, 0.1) is 12.7 Å². The number of nitrogen functional groups attached to an aromatic ring is 1. The molecule has 0 amide bonds. The van der Waals surface area contributed by atoms with E-state index in [2.05, 4.69) is 31.2 Å². The molecule has 0 aliphatic heterocycles. The van der Waals surface area contributed by atoms with Crippen LogP contribution in [-0.4, -0.2) is 29.2 Å². The first kappa shape index (κ1) is 13.5. The summed E-state index contributed by atoms with van der Waals surface area (Å²) in [5, 5.41) is 3.19. The van der Waals surface area contributed by atoms with E-state index in [0.717, 1.165) is 12.4 Å². The monoisotopic (exact) mass is 314 g/mol. The highest BCUT2D eigenvalue weighted by Gasteiger charge is 2.13. The number of aromatic nitrogens is 2. The van der Waals surface area contributed by atoms with E-state index in [9.17, 15) is 0 Å². The van der Waals surface area contributed by atoms with Crippen molar-refractivity contribution in [1.29, 1.82) is 0 Å². The van der Waals surface area contributed by atoms with Gasteiger partial charge in [0, 0.05) is 6.54 Å². The lowest BCUT2D eigenvalue weighted by molar-refractivity contribution is 0.0347. The fourth-order valence-electron chi connectivity index (χ4n) is 2.13. The van der Waals surface area contributed by atoms with Crippen molar-refractivity contribution in [1.82, 2.24) is 9.97 Å². The molecule has 2 rings (SSSR count). The normalized spacial score (nSPS) is 16.7. The molecule has 0 atom stereocenters. The average molecular weight is 315 g/mol. The number of nitrogens with one attached hydrogen (secondary N) is 1. The van der Waals surface area contributed by atoms with Crippen LogP contribution in [0.1, 0.15) is 32.1 Å². The zero-order valence-corrected chi connectivity index (χ0v) is 11.9. The molecule has 1 aromatic rings. The van der Waals surface area contributed by atoms with Crippen molar-refractivity contribution in [2.45, 2.75) is 38.2 Å². The molecule has 0 spiro atoms. The van der Waals surface area contributed by atoms with Crippen LogP contribution in [0, 0.1) is 0 Å². The Morgan fingerprint density at radius 3 is 2.89 bits per heavy atom. The minimum atomic E-state index is 0.444. The average Bonchev–Trinajstić information content (AvgIpc) is 2.40. The molecular weight excluding hydrogens is 296 g/mol. The van der Waals surface area contributed by atoms with Gasteiger partial charge in [0.15, 0.2) is 0 Å². The molecule has 5 nitrogen and oxygen atoms in total. The topological polar surface area (TPSA) is 73.1 Å². The lowest BCUT2D eigenvalue weighted by Crippen LogP contribution is -2.20. The third-order valence-corrected chi connectivity index (χ3v) is 3.90. The third-order valence-electron chi connectivity index (χ3n) is 3.12. The zero-order chi connectivity index (χ0) is 12.8. The van der Waals surface area contributed by atoms with E-state index in [0.29, 0.717) is 23.0 Å². The van der Waals surface area contributed by atoms with E-state index in [4.69, 9.17) is 10.5 Å². The highest BCUT2D eigenvalue weighted by Crippen LogP contribution is 2.24. The lowest BCUT2D eigenvalue weighted by Gasteiger charge is -2.22. The van der Waals surface area contributed by atoms with Gasteiger partial charge in [-0.15, -0.1) is 0 Å². The molecule has 1 aliphatic carbocycles. The van der Waals surface area contributed by atoms with Crippen LogP contribution < -0.4 is 11.1 Å². The van der Waals surface area contributed by atoms with E-state index in [1.54, 1.807) is 0 Å². The minimum absolute atomic E-state index is 0.444. The van der Waals surface area contributed by atoms with Crippen LogP contribution in [0.25, 0.3) is 0 Å². The van der Waals surface area contributed by atoms with Gasteiger partial charge in [-0.05, 0) is 28.8 Å². The number of hydrogen-bond donors (Lipinski definition) is 2. The van der Waals surface area contributed by atoms with Gasteiger partial charge in [0.2, 0.25) is 0 Å². The van der Waals surface area contributed by atoms with Crippen LogP contribution in [0.3, 0.4) is 0 Å². The third kappa shape index (κ3) is 3.81. The number of anilines is 2. The highest BCUT2D eigenvalue weighted by atomic mass is 79.9. The molecule has 1 fully saturated rings.